The standard InChI is InChI=1S/C47H82O5Si2/c1-14-39-30-31-41-37(25-24-32-46(39,41)9)28-29-38-33-47(52-54(12,13)45(6,7)8,34-42(36(38)2)51-53(10,11)44(3,4)5)49-35-43(48)50-40-26-22-20-18-16-15-17-19-21-23-27-40/h28-30,40-42H,2,14-27,31-35H2,1,3-13H3/t41-,42-,46+,47+/m0/s1. The van der Waals surface area contributed by atoms with Gasteiger partial charge in [-0.1, -0.05) is 136 Å². The Kier molecular flexibility index (Phi) is 15.6. The van der Waals surface area contributed by atoms with E-state index in [9.17, 15) is 4.79 Å². The molecule has 0 spiro atoms. The van der Waals surface area contributed by atoms with E-state index in [1.807, 2.05) is 0 Å². The van der Waals surface area contributed by atoms with Gasteiger partial charge in [-0.15, -0.1) is 0 Å². The number of hydrogen-bond donors (Lipinski definition) is 0. The Morgan fingerprint density at radius 3 is 2.00 bits per heavy atom. The van der Waals surface area contributed by atoms with E-state index in [-0.39, 0.29) is 40.3 Å². The quantitative estimate of drug-likeness (QED) is 0.0956. The van der Waals surface area contributed by atoms with Gasteiger partial charge in [-0.3, -0.25) is 0 Å². The molecule has 0 bridgehead atoms. The number of carbonyl (C=O) groups is 1. The molecule has 0 saturated heterocycles. The third-order valence-corrected chi connectivity index (χ3v) is 23.6. The summed E-state index contributed by atoms with van der Waals surface area (Å²) < 4.78 is 27.8. The predicted molar refractivity (Wildman–Crippen MR) is 233 cm³/mol. The summed E-state index contributed by atoms with van der Waals surface area (Å²) in [6.07, 6.45) is 27.0. The van der Waals surface area contributed by atoms with E-state index in [1.54, 1.807) is 11.1 Å². The number of allylic oxidation sites excluding steroid dienone is 5. The topological polar surface area (TPSA) is 54.0 Å². The molecule has 0 aromatic carbocycles. The minimum atomic E-state index is -2.38. The highest BCUT2D eigenvalue weighted by molar-refractivity contribution is 6.74. The van der Waals surface area contributed by atoms with Crippen LogP contribution in [0.1, 0.15) is 171 Å². The highest BCUT2D eigenvalue weighted by atomic mass is 28.4. The monoisotopic (exact) mass is 783 g/mol. The lowest BCUT2D eigenvalue weighted by molar-refractivity contribution is -0.217. The van der Waals surface area contributed by atoms with Crippen molar-refractivity contribution in [1.29, 1.82) is 0 Å². The molecule has 0 unspecified atom stereocenters. The minimum Gasteiger partial charge on any atom is -0.461 e. The van der Waals surface area contributed by atoms with E-state index in [1.165, 1.54) is 57.8 Å². The van der Waals surface area contributed by atoms with Crippen molar-refractivity contribution in [3.8, 4) is 0 Å². The Morgan fingerprint density at radius 1 is 0.870 bits per heavy atom. The molecule has 0 heterocycles. The summed E-state index contributed by atoms with van der Waals surface area (Å²) in [6.45, 7) is 32.4. The van der Waals surface area contributed by atoms with Gasteiger partial charge in [0, 0.05) is 12.8 Å². The molecule has 4 aliphatic rings. The molecule has 0 aromatic rings. The van der Waals surface area contributed by atoms with Gasteiger partial charge in [-0.05, 0) is 117 Å². The lowest BCUT2D eigenvalue weighted by Crippen LogP contribution is -2.56. The van der Waals surface area contributed by atoms with Crippen LogP contribution in [0.2, 0.25) is 36.3 Å². The maximum atomic E-state index is 13.8. The third kappa shape index (κ3) is 11.4. The SMILES string of the molecule is C=C1C(=CC=C2CCC[C@]3(C)C(CC)=CC[C@@H]23)C[C@@](OCC(=O)OC2CCCCCCCCCCC2)(O[Si](C)(C)C(C)(C)C)C[C@@H]1O[Si](C)(C)C(C)(C)C. The van der Waals surface area contributed by atoms with Crippen LogP contribution in [0.15, 0.2) is 47.1 Å². The van der Waals surface area contributed by atoms with E-state index in [4.69, 9.17) is 24.9 Å². The van der Waals surface area contributed by atoms with E-state index in [0.29, 0.717) is 18.8 Å². The first kappa shape index (κ1) is 45.4. The van der Waals surface area contributed by atoms with Gasteiger partial charge in [0.2, 0.25) is 0 Å². The lowest BCUT2D eigenvalue weighted by Gasteiger charge is -2.51. The van der Waals surface area contributed by atoms with Crippen LogP contribution in [0, 0.1) is 11.3 Å². The normalized spacial score (nSPS) is 30.4. The molecular formula is C47H82O5Si2. The fourth-order valence-electron chi connectivity index (χ4n) is 9.05. The van der Waals surface area contributed by atoms with Crippen molar-refractivity contribution in [2.75, 3.05) is 6.61 Å². The van der Waals surface area contributed by atoms with Gasteiger partial charge >= 0.3 is 5.97 Å². The molecule has 3 fully saturated rings. The number of rotatable bonds is 10. The van der Waals surface area contributed by atoms with Crippen molar-refractivity contribution in [2.24, 2.45) is 11.3 Å². The van der Waals surface area contributed by atoms with Gasteiger partial charge in [0.1, 0.15) is 12.7 Å². The molecule has 4 atom stereocenters. The van der Waals surface area contributed by atoms with Crippen molar-refractivity contribution in [2.45, 2.75) is 225 Å². The number of hydrogen-bond acceptors (Lipinski definition) is 5. The van der Waals surface area contributed by atoms with Crippen LogP contribution < -0.4 is 0 Å². The Morgan fingerprint density at radius 2 is 1.44 bits per heavy atom. The Balaban J connectivity index is 1.68. The maximum absolute atomic E-state index is 13.8. The van der Waals surface area contributed by atoms with Crippen LogP contribution in [0.25, 0.3) is 0 Å². The van der Waals surface area contributed by atoms with Gasteiger partial charge < -0.3 is 18.3 Å². The summed E-state index contributed by atoms with van der Waals surface area (Å²) in [5, 5.41) is -0.0243. The summed E-state index contributed by atoms with van der Waals surface area (Å²) >= 11 is 0. The summed E-state index contributed by atoms with van der Waals surface area (Å²) in [5.41, 5.74) is 5.60. The Hall–Kier alpha value is -1.26. The molecule has 0 aromatic heterocycles. The Bertz CT molecular complexity index is 1360. The van der Waals surface area contributed by atoms with Gasteiger partial charge in [0.15, 0.2) is 22.4 Å². The molecule has 0 radical (unpaired) electrons. The van der Waals surface area contributed by atoms with E-state index in [0.717, 1.165) is 56.1 Å². The fourth-order valence-corrected chi connectivity index (χ4v) is 11.8. The summed E-state index contributed by atoms with van der Waals surface area (Å²) in [5.74, 6) is -0.742. The molecule has 0 N–H and O–H groups in total. The van der Waals surface area contributed by atoms with Crippen LogP contribution >= 0.6 is 0 Å². The lowest BCUT2D eigenvalue weighted by atomic mass is 9.64. The molecule has 0 amide bonds. The molecule has 3 saturated carbocycles. The zero-order valence-corrected chi connectivity index (χ0v) is 39.1. The smallest absolute Gasteiger partial charge is 0.332 e. The zero-order chi connectivity index (χ0) is 40.0. The minimum absolute atomic E-state index is 0.0246. The average Bonchev–Trinajstić information content (AvgIpc) is 3.41. The second-order valence-electron chi connectivity index (χ2n) is 20.8. The molecule has 308 valence electrons. The molecule has 7 heteroatoms. The van der Waals surface area contributed by atoms with Gasteiger partial charge in [0.05, 0.1) is 6.10 Å². The molecule has 4 aliphatic carbocycles. The van der Waals surface area contributed by atoms with Crippen molar-refractivity contribution in [3.05, 3.63) is 47.1 Å². The predicted octanol–water partition coefficient (Wildman–Crippen LogP) is 14.1. The van der Waals surface area contributed by atoms with Crippen molar-refractivity contribution >= 4 is 22.6 Å². The van der Waals surface area contributed by atoms with Crippen molar-refractivity contribution in [3.63, 3.8) is 0 Å². The van der Waals surface area contributed by atoms with Gasteiger partial charge in [-0.25, -0.2) is 4.79 Å². The maximum Gasteiger partial charge on any atom is 0.332 e. The first-order valence-corrected chi connectivity index (χ1v) is 27.9. The van der Waals surface area contributed by atoms with Crippen LogP contribution in [-0.4, -0.2) is 47.2 Å². The number of fused-ring (bicyclic) bond motifs is 1. The largest absolute Gasteiger partial charge is 0.461 e. The highest BCUT2D eigenvalue weighted by Gasteiger charge is 2.52. The fraction of sp³-hybridized carbons (Fsp3) is 0.809. The zero-order valence-electron chi connectivity index (χ0n) is 37.1. The second-order valence-corrected chi connectivity index (χ2v) is 30.3. The molecule has 5 nitrogen and oxygen atoms in total. The third-order valence-electron chi connectivity index (χ3n) is 14.6. The van der Waals surface area contributed by atoms with Crippen molar-refractivity contribution in [1.82, 2.24) is 0 Å². The van der Waals surface area contributed by atoms with Gasteiger partial charge in [-0.2, -0.15) is 0 Å². The average molecular weight is 783 g/mol. The van der Waals surface area contributed by atoms with Crippen LogP contribution in [0.3, 0.4) is 0 Å². The first-order valence-electron chi connectivity index (χ1n) is 22.1. The molecule has 4 rings (SSSR count). The summed E-state index contributed by atoms with van der Waals surface area (Å²) in [6, 6.07) is 0. The van der Waals surface area contributed by atoms with Crippen LogP contribution in [-0.2, 0) is 23.1 Å². The van der Waals surface area contributed by atoms with E-state index >= 15 is 0 Å². The molecule has 0 aliphatic heterocycles. The Labute approximate surface area is 334 Å². The van der Waals surface area contributed by atoms with E-state index < -0.39 is 22.4 Å². The highest BCUT2D eigenvalue weighted by Crippen LogP contribution is 2.56. The number of ether oxygens (including phenoxy) is 2. The summed E-state index contributed by atoms with van der Waals surface area (Å²) in [7, 11) is -4.60. The van der Waals surface area contributed by atoms with Gasteiger partial charge in [0.25, 0.3) is 0 Å². The van der Waals surface area contributed by atoms with Crippen LogP contribution in [0.4, 0.5) is 0 Å². The van der Waals surface area contributed by atoms with Crippen LogP contribution in [0.5, 0.6) is 0 Å². The number of esters is 1. The second kappa shape index (κ2) is 18.6. The first-order chi connectivity index (χ1) is 25.1. The summed E-state index contributed by atoms with van der Waals surface area (Å²) in [4.78, 5) is 13.8. The van der Waals surface area contributed by atoms with E-state index in [2.05, 4.69) is 99.8 Å². The van der Waals surface area contributed by atoms with Crippen molar-refractivity contribution < 1.29 is 23.1 Å². The molecular weight excluding hydrogens is 701 g/mol. The number of carbonyl (C=O) groups excluding carboxylic acids is 1. The molecule has 54 heavy (non-hydrogen) atoms.